The third kappa shape index (κ3) is 3.40. The number of benzene rings is 1. The van der Waals surface area contributed by atoms with Gasteiger partial charge in [-0.3, -0.25) is 4.68 Å². The number of fused-ring (bicyclic) bond motifs is 1. The van der Waals surface area contributed by atoms with E-state index in [0.717, 1.165) is 56.3 Å². The molecule has 0 unspecified atom stereocenters. The molecule has 4 rings (SSSR count). The van der Waals surface area contributed by atoms with E-state index in [2.05, 4.69) is 9.82 Å². The molecule has 1 aliphatic carbocycles. The summed E-state index contributed by atoms with van der Waals surface area (Å²) in [6.45, 7) is 0.788. The van der Waals surface area contributed by atoms with Crippen LogP contribution in [0.3, 0.4) is 0 Å². The summed E-state index contributed by atoms with van der Waals surface area (Å²) in [5.41, 5.74) is 1.25. The predicted octanol–water partition coefficient (Wildman–Crippen LogP) is 3.97. The largest absolute Gasteiger partial charge is 0.268 e. The summed E-state index contributed by atoms with van der Waals surface area (Å²) < 4.78 is 31.0. The second kappa shape index (κ2) is 6.82. The molecular formula is C18H21Cl2N3O2S. The lowest BCUT2D eigenvalue weighted by Crippen LogP contribution is -2.55. The zero-order chi connectivity index (χ0) is 18.4. The highest BCUT2D eigenvalue weighted by Gasteiger charge is 2.42. The Kier molecular flexibility index (Phi) is 4.80. The molecule has 2 heterocycles. The van der Waals surface area contributed by atoms with Crippen molar-refractivity contribution in [1.82, 2.24) is 14.5 Å². The lowest BCUT2D eigenvalue weighted by atomic mass is 9.74. The van der Waals surface area contributed by atoms with E-state index in [1.807, 2.05) is 10.7 Å². The number of nitrogens with zero attached hydrogens (tertiary/aromatic N) is 2. The SMILES string of the molecule is O=S(=O)(NC1(Cc2ccc(Cl)cc2Cl)CCC1)c1cnn2c1CCCC2. The molecule has 5 nitrogen and oxygen atoms in total. The Hall–Kier alpha value is -1.08. The molecule has 0 saturated heterocycles. The molecule has 1 fully saturated rings. The molecule has 2 aromatic rings. The normalized spacial score (nSPS) is 19.0. The van der Waals surface area contributed by atoms with E-state index >= 15 is 0 Å². The first-order valence-corrected chi connectivity index (χ1v) is 11.2. The van der Waals surface area contributed by atoms with Crippen molar-refractivity contribution in [1.29, 1.82) is 0 Å². The minimum Gasteiger partial charge on any atom is -0.268 e. The monoisotopic (exact) mass is 413 g/mol. The second-order valence-corrected chi connectivity index (χ2v) is 9.78. The molecular weight excluding hydrogens is 393 g/mol. The maximum Gasteiger partial charge on any atom is 0.244 e. The molecule has 1 aromatic heterocycles. The first-order chi connectivity index (χ1) is 12.4. The standard InChI is InChI=1S/C18H21Cl2N3O2S/c19-14-6-5-13(15(20)10-14)11-18(7-3-8-18)22-26(24,25)17-12-21-23-9-2-1-4-16(17)23/h5-6,10,12,22H,1-4,7-9,11H2. The van der Waals surface area contributed by atoms with Crippen molar-refractivity contribution in [3.05, 3.63) is 45.7 Å². The van der Waals surface area contributed by atoms with Gasteiger partial charge in [0.15, 0.2) is 0 Å². The molecule has 1 N–H and O–H groups in total. The van der Waals surface area contributed by atoms with Crippen LogP contribution >= 0.6 is 23.2 Å². The predicted molar refractivity (Wildman–Crippen MR) is 102 cm³/mol. The molecule has 1 aliphatic heterocycles. The number of aromatic nitrogens is 2. The van der Waals surface area contributed by atoms with Crippen molar-refractivity contribution >= 4 is 33.2 Å². The highest BCUT2D eigenvalue weighted by atomic mass is 35.5. The van der Waals surface area contributed by atoms with E-state index < -0.39 is 15.6 Å². The Morgan fingerprint density at radius 1 is 1.19 bits per heavy atom. The van der Waals surface area contributed by atoms with E-state index in [-0.39, 0.29) is 0 Å². The quantitative estimate of drug-likeness (QED) is 0.805. The topological polar surface area (TPSA) is 64.0 Å². The fourth-order valence-corrected chi connectivity index (χ4v) is 6.04. The fraction of sp³-hybridized carbons (Fsp3) is 0.500. The average Bonchev–Trinajstić information content (AvgIpc) is 3.00. The summed E-state index contributed by atoms with van der Waals surface area (Å²) in [5.74, 6) is 0. The molecule has 0 bridgehead atoms. The van der Waals surface area contributed by atoms with Crippen LogP contribution in [0.1, 0.15) is 43.4 Å². The number of halogens is 2. The van der Waals surface area contributed by atoms with Crippen molar-refractivity contribution in [2.24, 2.45) is 0 Å². The number of aryl methyl sites for hydroxylation is 1. The number of sulfonamides is 1. The van der Waals surface area contributed by atoms with E-state index in [1.54, 1.807) is 12.1 Å². The van der Waals surface area contributed by atoms with Crippen LogP contribution in [0, 0.1) is 0 Å². The molecule has 0 amide bonds. The summed E-state index contributed by atoms with van der Waals surface area (Å²) in [6, 6.07) is 5.37. The Morgan fingerprint density at radius 3 is 2.69 bits per heavy atom. The summed E-state index contributed by atoms with van der Waals surface area (Å²) in [5, 5.41) is 5.42. The maximum absolute atomic E-state index is 13.1. The maximum atomic E-state index is 13.1. The minimum absolute atomic E-state index is 0.325. The smallest absolute Gasteiger partial charge is 0.244 e. The Balaban J connectivity index is 1.60. The van der Waals surface area contributed by atoms with Gasteiger partial charge in [0.25, 0.3) is 0 Å². The minimum atomic E-state index is -3.62. The van der Waals surface area contributed by atoms with Gasteiger partial charge in [0.1, 0.15) is 4.90 Å². The van der Waals surface area contributed by atoms with Gasteiger partial charge in [-0.2, -0.15) is 5.10 Å². The van der Waals surface area contributed by atoms with Crippen molar-refractivity contribution in [2.75, 3.05) is 0 Å². The summed E-state index contributed by atoms with van der Waals surface area (Å²) >= 11 is 12.3. The molecule has 1 saturated carbocycles. The average molecular weight is 414 g/mol. The molecule has 1 aromatic carbocycles. The number of nitrogens with one attached hydrogen (secondary N) is 1. The van der Waals surface area contributed by atoms with Crippen molar-refractivity contribution in [3.63, 3.8) is 0 Å². The van der Waals surface area contributed by atoms with Crippen LogP contribution < -0.4 is 4.72 Å². The van der Waals surface area contributed by atoms with Crippen LogP contribution in [-0.2, 0) is 29.4 Å². The molecule has 140 valence electrons. The number of rotatable bonds is 5. The summed E-state index contributed by atoms with van der Waals surface area (Å²) in [6.07, 6.45) is 7.45. The lowest BCUT2D eigenvalue weighted by Gasteiger charge is -2.42. The van der Waals surface area contributed by atoms with Gasteiger partial charge in [0, 0.05) is 22.1 Å². The van der Waals surface area contributed by atoms with Gasteiger partial charge in [-0.1, -0.05) is 29.3 Å². The second-order valence-electron chi connectivity index (χ2n) is 7.29. The fourth-order valence-electron chi connectivity index (χ4n) is 3.91. The Morgan fingerprint density at radius 2 is 2.00 bits per heavy atom. The zero-order valence-corrected chi connectivity index (χ0v) is 16.7. The first-order valence-electron chi connectivity index (χ1n) is 8.91. The molecule has 0 atom stereocenters. The summed E-state index contributed by atoms with van der Waals surface area (Å²) in [7, 11) is -3.62. The van der Waals surface area contributed by atoms with Crippen molar-refractivity contribution < 1.29 is 8.42 Å². The first kappa shape index (κ1) is 18.3. The highest BCUT2D eigenvalue weighted by Crippen LogP contribution is 2.38. The van der Waals surface area contributed by atoms with Crippen molar-refractivity contribution in [3.8, 4) is 0 Å². The Labute approximate surface area is 163 Å². The third-order valence-corrected chi connectivity index (χ3v) is 7.65. The van der Waals surface area contributed by atoms with Crippen LogP contribution in [0.4, 0.5) is 0 Å². The third-order valence-electron chi connectivity index (χ3n) is 5.44. The van der Waals surface area contributed by atoms with Gasteiger partial charge >= 0.3 is 0 Å². The molecule has 26 heavy (non-hydrogen) atoms. The highest BCUT2D eigenvalue weighted by molar-refractivity contribution is 7.89. The van der Waals surface area contributed by atoms with E-state index in [4.69, 9.17) is 23.2 Å². The van der Waals surface area contributed by atoms with Gasteiger partial charge < -0.3 is 0 Å². The van der Waals surface area contributed by atoms with E-state index in [0.29, 0.717) is 21.4 Å². The van der Waals surface area contributed by atoms with Crippen LogP contribution in [0.15, 0.2) is 29.3 Å². The van der Waals surface area contributed by atoms with Gasteiger partial charge in [-0.05, 0) is 62.6 Å². The van der Waals surface area contributed by atoms with Crippen LogP contribution in [0.2, 0.25) is 10.0 Å². The summed E-state index contributed by atoms with van der Waals surface area (Å²) in [4.78, 5) is 0.325. The lowest BCUT2D eigenvalue weighted by molar-refractivity contribution is 0.220. The van der Waals surface area contributed by atoms with E-state index in [9.17, 15) is 8.42 Å². The van der Waals surface area contributed by atoms with Gasteiger partial charge in [-0.15, -0.1) is 0 Å². The zero-order valence-electron chi connectivity index (χ0n) is 14.3. The van der Waals surface area contributed by atoms with Gasteiger partial charge in [-0.25, -0.2) is 13.1 Å². The molecule has 2 aliphatic rings. The Bertz CT molecular complexity index is 936. The van der Waals surface area contributed by atoms with Gasteiger partial charge in [0.05, 0.1) is 11.9 Å². The molecule has 8 heteroatoms. The molecule has 0 radical (unpaired) electrons. The van der Waals surface area contributed by atoms with Crippen LogP contribution in [-0.4, -0.2) is 23.7 Å². The van der Waals surface area contributed by atoms with Crippen LogP contribution in [0.25, 0.3) is 0 Å². The van der Waals surface area contributed by atoms with E-state index in [1.165, 1.54) is 6.20 Å². The number of hydrogen-bond acceptors (Lipinski definition) is 3. The molecule has 0 spiro atoms. The van der Waals surface area contributed by atoms with Crippen LogP contribution in [0.5, 0.6) is 0 Å². The van der Waals surface area contributed by atoms with Gasteiger partial charge in [0.2, 0.25) is 10.0 Å². The van der Waals surface area contributed by atoms with Crippen molar-refractivity contribution in [2.45, 2.75) is 61.9 Å². The number of hydrogen-bond donors (Lipinski definition) is 1.